The molecular formula is C14H18BrNO. The molecule has 1 N–H and O–H groups in total. The fraction of sp³-hybridized carbons (Fsp3) is 0.500. The first-order valence-corrected chi connectivity index (χ1v) is 6.84. The molecule has 0 heterocycles. The molecule has 1 fully saturated rings. The molecule has 1 saturated carbocycles. The van der Waals surface area contributed by atoms with E-state index < -0.39 is 0 Å². The molecule has 0 aliphatic heterocycles. The van der Waals surface area contributed by atoms with Gasteiger partial charge in [-0.1, -0.05) is 28.4 Å². The maximum absolute atomic E-state index is 12.7. The molecule has 1 aromatic carbocycles. The zero-order valence-corrected chi connectivity index (χ0v) is 11.9. The average Bonchev–Trinajstić information content (AvgIpc) is 2.26. The first-order chi connectivity index (χ1) is 8.09. The molecule has 0 spiro atoms. The van der Waals surface area contributed by atoms with Gasteiger partial charge in [0, 0.05) is 22.0 Å². The van der Waals surface area contributed by atoms with E-state index in [0.29, 0.717) is 5.78 Å². The molecule has 0 unspecified atom stereocenters. The molecule has 1 aliphatic carbocycles. The SMILES string of the molecule is CNCC1(C(=O)c2cc(Br)ccc2C)CCC1. The lowest BCUT2D eigenvalue weighted by Crippen LogP contribution is -2.45. The van der Waals surface area contributed by atoms with Gasteiger partial charge in [-0.05, 0) is 44.5 Å². The summed E-state index contributed by atoms with van der Waals surface area (Å²) in [5.74, 6) is 0.303. The van der Waals surface area contributed by atoms with E-state index in [1.165, 1.54) is 6.42 Å². The lowest BCUT2D eigenvalue weighted by atomic mass is 9.64. The number of rotatable bonds is 4. The van der Waals surface area contributed by atoms with Gasteiger partial charge in [0.15, 0.2) is 5.78 Å². The number of Topliss-reactive ketones (excluding diaryl/α,β-unsaturated/α-hetero) is 1. The smallest absolute Gasteiger partial charge is 0.170 e. The molecule has 1 aliphatic rings. The highest BCUT2D eigenvalue weighted by Crippen LogP contribution is 2.43. The average molecular weight is 296 g/mol. The third kappa shape index (κ3) is 2.31. The normalized spacial score (nSPS) is 17.6. The van der Waals surface area contributed by atoms with Crippen LogP contribution in [0.5, 0.6) is 0 Å². The van der Waals surface area contributed by atoms with E-state index in [1.54, 1.807) is 0 Å². The van der Waals surface area contributed by atoms with Gasteiger partial charge in [0.1, 0.15) is 0 Å². The zero-order chi connectivity index (χ0) is 12.5. The van der Waals surface area contributed by atoms with Crippen molar-refractivity contribution in [3.8, 4) is 0 Å². The topological polar surface area (TPSA) is 29.1 Å². The Morgan fingerprint density at radius 3 is 2.71 bits per heavy atom. The second kappa shape index (κ2) is 4.91. The predicted molar refractivity (Wildman–Crippen MR) is 73.4 cm³/mol. The standard InChI is InChI=1S/C14H18BrNO/c1-10-4-5-11(15)8-12(10)13(17)14(9-16-2)6-3-7-14/h4-5,8,16H,3,6-7,9H2,1-2H3. The minimum absolute atomic E-state index is 0.152. The van der Waals surface area contributed by atoms with Crippen LogP contribution in [0.25, 0.3) is 0 Å². The van der Waals surface area contributed by atoms with Crippen LogP contribution in [-0.2, 0) is 0 Å². The van der Waals surface area contributed by atoms with Gasteiger partial charge >= 0.3 is 0 Å². The lowest BCUT2D eigenvalue weighted by Gasteiger charge is -2.40. The predicted octanol–water partition coefficient (Wildman–Crippen LogP) is 3.33. The highest BCUT2D eigenvalue weighted by atomic mass is 79.9. The molecule has 0 aromatic heterocycles. The maximum atomic E-state index is 12.7. The monoisotopic (exact) mass is 295 g/mol. The molecule has 0 amide bonds. The van der Waals surface area contributed by atoms with Gasteiger partial charge in [0.25, 0.3) is 0 Å². The Kier molecular flexibility index (Phi) is 3.69. The summed E-state index contributed by atoms with van der Waals surface area (Å²) in [6, 6.07) is 5.94. The van der Waals surface area contributed by atoms with Crippen molar-refractivity contribution in [3.63, 3.8) is 0 Å². The third-order valence-electron chi connectivity index (χ3n) is 3.75. The van der Waals surface area contributed by atoms with Crippen LogP contribution in [0.1, 0.15) is 35.2 Å². The first-order valence-electron chi connectivity index (χ1n) is 6.05. The minimum Gasteiger partial charge on any atom is -0.319 e. The Hall–Kier alpha value is -0.670. The number of aryl methyl sites for hydroxylation is 1. The van der Waals surface area contributed by atoms with Gasteiger partial charge in [0.05, 0.1) is 0 Å². The molecule has 0 atom stereocenters. The quantitative estimate of drug-likeness (QED) is 0.864. The van der Waals surface area contributed by atoms with E-state index in [-0.39, 0.29) is 5.41 Å². The van der Waals surface area contributed by atoms with Crippen LogP contribution < -0.4 is 5.32 Å². The van der Waals surface area contributed by atoms with E-state index in [1.807, 2.05) is 32.2 Å². The molecule has 3 heteroatoms. The number of nitrogens with one attached hydrogen (secondary N) is 1. The number of halogens is 1. The molecule has 0 bridgehead atoms. The number of hydrogen-bond donors (Lipinski definition) is 1. The summed E-state index contributed by atoms with van der Waals surface area (Å²) in [5.41, 5.74) is 1.79. The fourth-order valence-electron chi connectivity index (χ4n) is 2.55. The Morgan fingerprint density at radius 1 is 1.47 bits per heavy atom. The van der Waals surface area contributed by atoms with Crippen molar-refractivity contribution in [1.29, 1.82) is 0 Å². The Balaban J connectivity index is 2.32. The van der Waals surface area contributed by atoms with Crippen LogP contribution in [-0.4, -0.2) is 19.4 Å². The maximum Gasteiger partial charge on any atom is 0.170 e. The van der Waals surface area contributed by atoms with Crippen LogP contribution in [0.4, 0.5) is 0 Å². The number of benzene rings is 1. The summed E-state index contributed by atoms with van der Waals surface area (Å²) >= 11 is 3.44. The van der Waals surface area contributed by atoms with Gasteiger partial charge in [-0.2, -0.15) is 0 Å². The lowest BCUT2D eigenvalue weighted by molar-refractivity contribution is 0.0613. The van der Waals surface area contributed by atoms with Gasteiger partial charge < -0.3 is 5.32 Å². The van der Waals surface area contributed by atoms with Crippen LogP contribution in [0.2, 0.25) is 0 Å². The summed E-state index contributed by atoms with van der Waals surface area (Å²) in [7, 11) is 1.92. The van der Waals surface area contributed by atoms with Gasteiger partial charge in [-0.3, -0.25) is 4.79 Å². The highest BCUT2D eigenvalue weighted by molar-refractivity contribution is 9.10. The van der Waals surface area contributed by atoms with Crippen molar-refractivity contribution in [3.05, 3.63) is 33.8 Å². The van der Waals surface area contributed by atoms with Crippen molar-refractivity contribution in [2.75, 3.05) is 13.6 Å². The second-order valence-corrected chi connectivity index (χ2v) is 5.87. The molecule has 0 saturated heterocycles. The fourth-order valence-corrected chi connectivity index (χ4v) is 2.91. The van der Waals surface area contributed by atoms with Crippen molar-refractivity contribution in [2.24, 2.45) is 5.41 Å². The van der Waals surface area contributed by atoms with E-state index in [2.05, 4.69) is 21.2 Å². The second-order valence-electron chi connectivity index (χ2n) is 4.95. The number of hydrogen-bond acceptors (Lipinski definition) is 2. The van der Waals surface area contributed by atoms with Gasteiger partial charge in [-0.25, -0.2) is 0 Å². The molecule has 1 aromatic rings. The molecule has 2 rings (SSSR count). The van der Waals surface area contributed by atoms with E-state index >= 15 is 0 Å². The van der Waals surface area contributed by atoms with Crippen LogP contribution in [0.3, 0.4) is 0 Å². The third-order valence-corrected chi connectivity index (χ3v) is 4.24. The van der Waals surface area contributed by atoms with Crippen LogP contribution in [0, 0.1) is 12.3 Å². The van der Waals surface area contributed by atoms with E-state index in [0.717, 1.165) is 35.0 Å². The number of carbonyl (C=O) groups is 1. The molecular weight excluding hydrogens is 278 g/mol. The van der Waals surface area contributed by atoms with E-state index in [9.17, 15) is 4.79 Å². The molecule has 92 valence electrons. The van der Waals surface area contributed by atoms with Gasteiger partial charge in [0.2, 0.25) is 0 Å². The molecule has 2 nitrogen and oxygen atoms in total. The van der Waals surface area contributed by atoms with Crippen molar-refractivity contribution < 1.29 is 4.79 Å². The zero-order valence-electron chi connectivity index (χ0n) is 10.3. The minimum atomic E-state index is -0.152. The summed E-state index contributed by atoms with van der Waals surface area (Å²) in [6.07, 6.45) is 3.19. The number of ketones is 1. The molecule has 17 heavy (non-hydrogen) atoms. The number of carbonyl (C=O) groups excluding carboxylic acids is 1. The summed E-state index contributed by atoms with van der Waals surface area (Å²) in [4.78, 5) is 12.7. The van der Waals surface area contributed by atoms with Crippen molar-refractivity contribution >= 4 is 21.7 Å². The van der Waals surface area contributed by atoms with Crippen LogP contribution in [0.15, 0.2) is 22.7 Å². The summed E-state index contributed by atoms with van der Waals surface area (Å²) in [6.45, 7) is 2.79. The first kappa shape index (κ1) is 12.8. The van der Waals surface area contributed by atoms with E-state index in [4.69, 9.17) is 0 Å². The Labute approximate surface area is 111 Å². The highest BCUT2D eigenvalue weighted by Gasteiger charge is 2.43. The van der Waals surface area contributed by atoms with Gasteiger partial charge in [-0.15, -0.1) is 0 Å². The summed E-state index contributed by atoms with van der Waals surface area (Å²) < 4.78 is 0.977. The Morgan fingerprint density at radius 2 is 2.18 bits per heavy atom. The van der Waals surface area contributed by atoms with Crippen molar-refractivity contribution in [2.45, 2.75) is 26.2 Å². The Bertz CT molecular complexity index is 438. The van der Waals surface area contributed by atoms with Crippen LogP contribution >= 0.6 is 15.9 Å². The van der Waals surface area contributed by atoms with Crippen molar-refractivity contribution in [1.82, 2.24) is 5.32 Å². The molecule has 0 radical (unpaired) electrons. The summed E-state index contributed by atoms with van der Waals surface area (Å²) in [5, 5.41) is 3.16. The largest absolute Gasteiger partial charge is 0.319 e.